The van der Waals surface area contributed by atoms with Crippen molar-refractivity contribution in [2.24, 2.45) is 11.7 Å². The zero-order valence-electron chi connectivity index (χ0n) is 10.6. The van der Waals surface area contributed by atoms with Crippen LogP contribution in [0.4, 0.5) is 0 Å². The van der Waals surface area contributed by atoms with Crippen molar-refractivity contribution in [3.8, 4) is 0 Å². The third-order valence-electron chi connectivity index (χ3n) is 3.58. The molecule has 4 heteroatoms. The quantitative estimate of drug-likeness (QED) is 0.883. The molecule has 3 N–H and O–H groups in total. The van der Waals surface area contributed by atoms with Gasteiger partial charge in [0.05, 0.1) is 0 Å². The fourth-order valence-corrected chi connectivity index (χ4v) is 2.92. The van der Waals surface area contributed by atoms with E-state index in [4.69, 9.17) is 17.3 Å². The highest BCUT2D eigenvalue weighted by Crippen LogP contribution is 2.25. The summed E-state index contributed by atoms with van der Waals surface area (Å²) >= 11 is 5.97. The maximum absolute atomic E-state index is 12.2. The first kappa shape index (κ1) is 13.4. The van der Waals surface area contributed by atoms with Crippen molar-refractivity contribution in [3.63, 3.8) is 0 Å². The lowest BCUT2D eigenvalue weighted by Crippen LogP contribution is -2.39. The lowest BCUT2D eigenvalue weighted by molar-refractivity contribution is 0.0928. The molecule has 1 fully saturated rings. The molecule has 2 unspecified atom stereocenters. The Hall–Kier alpha value is -1.06. The average Bonchev–Trinajstić information content (AvgIpc) is 2.75. The first-order valence-electron chi connectivity index (χ1n) is 6.38. The fourth-order valence-electron chi connectivity index (χ4n) is 2.63. The summed E-state index contributed by atoms with van der Waals surface area (Å²) in [4.78, 5) is 12.2. The number of benzene rings is 1. The van der Waals surface area contributed by atoms with Crippen LogP contribution in [-0.4, -0.2) is 18.5 Å². The van der Waals surface area contributed by atoms with Crippen LogP contribution < -0.4 is 11.1 Å². The van der Waals surface area contributed by atoms with E-state index in [1.807, 2.05) is 19.1 Å². The van der Waals surface area contributed by atoms with Gasteiger partial charge in [0.1, 0.15) is 0 Å². The minimum absolute atomic E-state index is 0.0500. The third kappa shape index (κ3) is 3.03. The van der Waals surface area contributed by atoms with Crippen LogP contribution in [0, 0.1) is 12.8 Å². The highest BCUT2D eigenvalue weighted by molar-refractivity contribution is 6.31. The van der Waals surface area contributed by atoms with E-state index in [9.17, 15) is 4.79 Å². The molecule has 0 bridgehead atoms. The molecule has 2 atom stereocenters. The molecule has 98 valence electrons. The van der Waals surface area contributed by atoms with Crippen LogP contribution in [0.15, 0.2) is 18.2 Å². The molecule has 1 saturated carbocycles. The Morgan fingerprint density at radius 3 is 2.89 bits per heavy atom. The van der Waals surface area contributed by atoms with E-state index in [0.29, 0.717) is 23.0 Å². The van der Waals surface area contributed by atoms with Crippen LogP contribution in [0.5, 0.6) is 0 Å². The molecule has 0 heterocycles. The molecule has 1 aromatic rings. The topological polar surface area (TPSA) is 55.1 Å². The van der Waals surface area contributed by atoms with Crippen LogP contribution >= 0.6 is 11.6 Å². The van der Waals surface area contributed by atoms with Crippen molar-refractivity contribution in [2.75, 3.05) is 6.54 Å². The number of amides is 1. The molecule has 0 aliphatic heterocycles. The number of nitrogens with two attached hydrogens (primary N) is 1. The number of carbonyl (C=O) groups is 1. The fraction of sp³-hybridized carbons (Fsp3) is 0.500. The molecule has 3 nitrogen and oxygen atoms in total. The van der Waals surface area contributed by atoms with Gasteiger partial charge in [-0.3, -0.25) is 4.79 Å². The van der Waals surface area contributed by atoms with Gasteiger partial charge in [0.2, 0.25) is 0 Å². The molecular weight excluding hydrogens is 248 g/mol. The van der Waals surface area contributed by atoms with E-state index >= 15 is 0 Å². The Labute approximate surface area is 113 Å². The SMILES string of the molecule is Cc1cc(Cl)cc(C(=O)NC2CCCC2CN)c1. The van der Waals surface area contributed by atoms with Crippen LogP contribution in [0.2, 0.25) is 5.02 Å². The van der Waals surface area contributed by atoms with Crippen molar-refractivity contribution in [1.29, 1.82) is 0 Å². The lowest BCUT2D eigenvalue weighted by atomic mass is 10.0. The van der Waals surface area contributed by atoms with Crippen LogP contribution in [-0.2, 0) is 0 Å². The summed E-state index contributed by atoms with van der Waals surface area (Å²) in [6.07, 6.45) is 3.27. The van der Waals surface area contributed by atoms with Gasteiger partial charge in [-0.15, -0.1) is 0 Å². The number of nitrogens with one attached hydrogen (secondary N) is 1. The second-order valence-corrected chi connectivity index (χ2v) is 5.46. The van der Waals surface area contributed by atoms with E-state index in [0.717, 1.165) is 24.8 Å². The summed E-state index contributed by atoms with van der Waals surface area (Å²) < 4.78 is 0. The normalized spacial score (nSPS) is 23.1. The summed E-state index contributed by atoms with van der Waals surface area (Å²) in [5.74, 6) is 0.361. The number of halogens is 1. The van der Waals surface area contributed by atoms with E-state index in [-0.39, 0.29) is 11.9 Å². The maximum Gasteiger partial charge on any atom is 0.251 e. The second kappa shape index (κ2) is 5.72. The second-order valence-electron chi connectivity index (χ2n) is 5.02. The molecule has 1 amide bonds. The summed E-state index contributed by atoms with van der Waals surface area (Å²) in [7, 11) is 0. The zero-order chi connectivity index (χ0) is 13.1. The summed E-state index contributed by atoms with van der Waals surface area (Å²) in [6.45, 7) is 2.57. The molecule has 1 aliphatic carbocycles. The Kier molecular flexibility index (Phi) is 4.25. The van der Waals surface area contributed by atoms with Crippen molar-refractivity contribution < 1.29 is 4.79 Å². The van der Waals surface area contributed by atoms with Crippen molar-refractivity contribution >= 4 is 17.5 Å². The first-order valence-corrected chi connectivity index (χ1v) is 6.76. The van der Waals surface area contributed by atoms with Gasteiger partial charge >= 0.3 is 0 Å². The number of carbonyl (C=O) groups excluding carboxylic acids is 1. The molecule has 2 rings (SSSR count). The average molecular weight is 267 g/mol. The van der Waals surface area contributed by atoms with Crippen LogP contribution in [0.25, 0.3) is 0 Å². The van der Waals surface area contributed by atoms with Crippen LogP contribution in [0.1, 0.15) is 35.2 Å². The van der Waals surface area contributed by atoms with E-state index in [2.05, 4.69) is 5.32 Å². The Balaban J connectivity index is 2.07. The van der Waals surface area contributed by atoms with E-state index < -0.39 is 0 Å². The van der Waals surface area contributed by atoms with Gasteiger partial charge in [0.15, 0.2) is 0 Å². The van der Waals surface area contributed by atoms with Gasteiger partial charge in [0.25, 0.3) is 5.91 Å². The standard InChI is InChI=1S/C14H19ClN2O/c1-9-5-11(7-12(15)6-9)14(18)17-13-4-2-3-10(13)8-16/h5-7,10,13H,2-4,8,16H2,1H3,(H,17,18). The third-order valence-corrected chi connectivity index (χ3v) is 3.80. The Morgan fingerprint density at radius 1 is 1.44 bits per heavy atom. The van der Waals surface area contributed by atoms with Gasteiger partial charge in [-0.1, -0.05) is 18.0 Å². The molecule has 1 aliphatic rings. The van der Waals surface area contributed by atoms with Crippen molar-refractivity contribution in [3.05, 3.63) is 34.3 Å². The van der Waals surface area contributed by atoms with Gasteiger partial charge in [-0.25, -0.2) is 0 Å². The number of hydrogen-bond donors (Lipinski definition) is 2. The van der Waals surface area contributed by atoms with Gasteiger partial charge < -0.3 is 11.1 Å². The predicted octanol–water partition coefficient (Wildman–Crippen LogP) is 2.51. The van der Waals surface area contributed by atoms with Gasteiger partial charge in [-0.05, 0) is 56.0 Å². The highest BCUT2D eigenvalue weighted by atomic mass is 35.5. The minimum Gasteiger partial charge on any atom is -0.349 e. The molecular formula is C14H19ClN2O. The summed E-state index contributed by atoms with van der Waals surface area (Å²) in [5, 5.41) is 3.67. The lowest BCUT2D eigenvalue weighted by Gasteiger charge is -2.19. The zero-order valence-corrected chi connectivity index (χ0v) is 11.3. The number of aryl methyl sites for hydroxylation is 1. The summed E-state index contributed by atoms with van der Waals surface area (Å²) in [6, 6.07) is 5.61. The van der Waals surface area contributed by atoms with Crippen molar-refractivity contribution in [1.82, 2.24) is 5.32 Å². The highest BCUT2D eigenvalue weighted by Gasteiger charge is 2.27. The largest absolute Gasteiger partial charge is 0.349 e. The molecule has 0 aromatic heterocycles. The van der Waals surface area contributed by atoms with E-state index in [1.165, 1.54) is 0 Å². The van der Waals surface area contributed by atoms with Crippen LogP contribution in [0.3, 0.4) is 0 Å². The molecule has 0 saturated heterocycles. The Bertz CT molecular complexity index is 427. The monoisotopic (exact) mass is 266 g/mol. The van der Waals surface area contributed by atoms with Gasteiger partial charge in [-0.2, -0.15) is 0 Å². The number of hydrogen-bond acceptors (Lipinski definition) is 2. The molecule has 0 radical (unpaired) electrons. The molecule has 18 heavy (non-hydrogen) atoms. The minimum atomic E-state index is -0.0500. The maximum atomic E-state index is 12.2. The smallest absolute Gasteiger partial charge is 0.251 e. The summed E-state index contributed by atoms with van der Waals surface area (Å²) in [5.41, 5.74) is 7.34. The predicted molar refractivity (Wildman–Crippen MR) is 73.8 cm³/mol. The molecule has 1 aromatic carbocycles. The van der Waals surface area contributed by atoms with E-state index in [1.54, 1.807) is 6.07 Å². The van der Waals surface area contributed by atoms with Gasteiger partial charge in [0, 0.05) is 16.6 Å². The molecule has 0 spiro atoms. The van der Waals surface area contributed by atoms with Crippen molar-refractivity contribution in [2.45, 2.75) is 32.2 Å². The first-order chi connectivity index (χ1) is 8.60. The Morgan fingerprint density at radius 2 is 2.22 bits per heavy atom. The number of rotatable bonds is 3.